The van der Waals surface area contributed by atoms with E-state index in [0.717, 1.165) is 10.5 Å². The van der Waals surface area contributed by atoms with Crippen LogP contribution in [0.5, 0.6) is 0 Å². The average molecular weight is 200 g/mol. The molecule has 1 aromatic rings. The summed E-state index contributed by atoms with van der Waals surface area (Å²) < 4.78 is 0. The summed E-state index contributed by atoms with van der Waals surface area (Å²) in [4.78, 5) is 11.7. The number of carboxylic acid groups (broad SMARTS) is 1. The monoisotopic (exact) mass is 199 g/mol. The van der Waals surface area contributed by atoms with E-state index in [2.05, 4.69) is 0 Å². The number of alkyl halides is 1. The van der Waals surface area contributed by atoms with Crippen molar-refractivity contribution in [1.82, 2.24) is 4.90 Å². The SMILES string of the molecule is O=C(O)N(CCl)Cc1ccccc1. The Bertz CT molecular complexity index is 276. The van der Waals surface area contributed by atoms with E-state index >= 15 is 0 Å². The summed E-state index contributed by atoms with van der Waals surface area (Å²) in [5.41, 5.74) is 0.936. The van der Waals surface area contributed by atoms with Crippen LogP contribution in [0.25, 0.3) is 0 Å². The van der Waals surface area contributed by atoms with Gasteiger partial charge in [0, 0.05) is 0 Å². The highest BCUT2D eigenvalue weighted by atomic mass is 35.5. The van der Waals surface area contributed by atoms with Gasteiger partial charge in [-0.2, -0.15) is 0 Å². The first kappa shape index (κ1) is 9.86. The Kier molecular flexibility index (Phi) is 3.58. The van der Waals surface area contributed by atoms with Crippen LogP contribution < -0.4 is 0 Å². The predicted octanol–water partition coefficient (Wildman–Crippen LogP) is 2.36. The number of rotatable bonds is 3. The summed E-state index contributed by atoms with van der Waals surface area (Å²) in [7, 11) is 0. The fourth-order valence-corrected chi connectivity index (χ4v) is 1.15. The molecule has 1 aromatic carbocycles. The van der Waals surface area contributed by atoms with Crippen LogP contribution in [-0.4, -0.2) is 22.1 Å². The Hall–Kier alpha value is -1.22. The number of halogens is 1. The Labute approximate surface area is 81.5 Å². The van der Waals surface area contributed by atoms with Gasteiger partial charge in [-0.15, -0.1) is 11.6 Å². The van der Waals surface area contributed by atoms with Gasteiger partial charge in [-0.05, 0) is 5.56 Å². The van der Waals surface area contributed by atoms with Gasteiger partial charge in [0.05, 0.1) is 12.5 Å². The van der Waals surface area contributed by atoms with E-state index in [1.807, 2.05) is 30.3 Å². The van der Waals surface area contributed by atoms with Crippen molar-refractivity contribution in [1.29, 1.82) is 0 Å². The normalized spacial score (nSPS) is 9.62. The molecule has 0 aromatic heterocycles. The molecule has 70 valence electrons. The third-order valence-electron chi connectivity index (χ3n) is 1.63. The van der Waals surface area contributed by atoms with Crippen molar-refractivity contribution in [3.63, 3.8) is 0 Å². The number of hydrogen-bond donors (Lipinski definition) is 1. The number of benzene rings is 1. The maximum absolute atomic E-state index is 10.6. The van der Waals surface area contributed by atoms with Crippen molar-refractivity contribution in [3.05, 3.63) is 35.9 Å². The van der Waals surface area contributed by atoms with E-state index in [1.54, 1.807) is 0 Å². The van der Waals surface area contributed by atoms with Crippen LogP contribution in [0.4, 0.5) is 4.79 Å². The Balaban J connectivity index is 2.62. The highest BCUT2D eigenvalue weighted by molar-refractivity contribution is 6.18. The summed E-state index contributed by atoms with van der Waals surface area (Å²) in [5, 5.41) is 8.68. The molecule has 0 heterocycles. The molecule has 3 nitrogen and oxygen atoms in total. The quantitative estimate of drug-likeness (QED) is 0.600. The Morgan fingerprint density at radius 2 is 2.00 bits per heavy atom. The first-order valence-electron chi connectivity index (χ1n) is 3.82. The zero-order chi connectivity index (χ0) is 9.68. The molecule has 0 bridgehead atoms. The van der Waals surface area contributed by atoms with Crippen molar-refractivity contribution < 1.29 is 9.90 Å². The van der Waals surface area contributed by atoms with Crippen molar-refractivity contribution in [3.8, 4) is 0 Å². The fraction of sp³-hybridized carbons (Fsp3) is 0.222. The molecule has 0 fully saturated rings. The van der Waals surface area contributed by atoms with Crippen molar-refractivity contribution in [2.75, 3.05) is 6.00 Å². The largest absolute Gasteiger partial charge is 0.465 e. The van der Waals surface area contributed by atoms with Crippen LogP contribution in [0.15, 0.2) is 30.3 Å². The van der Waals surface area contributed by atoms with Gasteiger partial charge in [0.25, 0.3) is 0 Å². The minimum atomic E-state index is -1.00. The summed E-state index contributed by atoms with van der Waals surface area (Å²) in [6, 6.07) is 9.33. The second-order valence-corrected chi connectivity index (χ2v) is 2.82. The first-order valence-corrected chi connectivity index (χ1v) is 4.35. The van der Waals surface area contributed by atoms with Crippen molar-refractivity contribution >= 4 is 17.7 Å². The van der Waals surface area contributed by atoms with E-state index in [1.165, 1.54) is 0 Å². The molecule has 0 aliphatic carbocycles. The molecule has 1 amide bonds. The molecule has 0 saturated carbocycles. The lowest BCUT2D eigenvalue weighted by atomic mass is 10.2. The van der Waals surface area contributed by atoms with Crippen LogP contribution in [0.1, 0.15) is 5.56 Å². The number of carbonyl (C=O) groups is 1. The molecule has 0 aliphatic heterocycles. The molecule has 4 heteroatoms. The second kappa shape index (κ2) is 4.72. The van der Waals surface area contributed by atoms with E-state index in [9.17, 15) is 4.79 Å². The summed E-state index contributed by atoms with van der Waals surface area (Å²) >= 11 is 5.46. The van der Waals surface area contributed by atoms with Gasteiger partial charge in [0.15, 0.2) is 0 Å². The number of nitrogens with zero attached hydrogens (tertiary/aromatic N) is 1. The molecular weight excluding hydrogens is 190 g/mol. The summed E-state index contributed by atoms with van der Waals surface area (Å²) in [6.45, 7) is 0.333. The second-order valence-electron chi connectivity index (χ2n) is 2.59. The first-order chi connectivity index (χ1) is 6.24. The lowest BCUT2D eigenvalue weighted by Crippen LogP contribution is -2.27. The van der Waals surface area contributed by atoms with E-state index in [4.69, 9.17) is 16.7 Å². The average Bonchev–Trinajstić information content (AvgIpc) is 2.15. The molecule has 0 unspecified atom stereocenters. The van der Waals surface area contributed by atoms with Crippen LogP contribution in [0, 0.1) is 0 Å². The molecule has 0 spiro atoms. The smallest absolute Gasteiger partial charge is 0.408 e. The Morgan fingerprint density at radius 1 is 1.38 bits per heavy atom. The van der Waals surface area contributed by atoms with Gasteiger partial charge in [0.1, 0.15) is 0 Å². The third-order valence-corrected chi connectivity index (χ3v) is 1.92. The van der Waals surface area contributed by atoms with E-state index < -0.39 is 6.09 Å². The van der Waals surface area contributed by atoms with Crippen LogP contribution >= 0.6 is 11.6 Å². The van der Waals surface area contributed by atoms with Gasteiger partial charge in [-0.3, -0.25) is 4.90 Å². The standard InChI is InChI=1S/C9H10ClNO2/c10-7-11(9(12)13)6-8-4-2-1-3-5-8/h1-5H,6-7H2,(H,12,13). The molecule has 1 N–H and O–H groups in total. The fourth-order valence-electron chi connectivity index (χ4n) is 0.965. The lowest BCUT2D eigenvalue weighted by molar-refractivity contribution is 0.150. The van der Waals surface area contributed by atoms with Crippen LogP contribution in [0.3, 0.4) is 0 Å². The van der Waals surface area contributed by atoms with Gasteiger partial charge in [-0.25, -0.2) is 4.79 Å². The molecular formula is C9H10ClNO2. The molecule has 0 aliphatic rings. The maximum Gasteiger partial charge on any atom is 0.408 e. The van der Waals surface area contributed by atoms with Crippen molar-refractivity contribution in [2.45, 2.75) is 6.54 Å². The number of hydrogen-bond acceptors (Lipinski definition) is 1. The van der Waals surface area contributed by atoms with Gasteiger partial charge in [-0.1, -0.05) is 30.3 Å². The molecule has 1 rings (SSSR count). The van der Waals surface area contributed by atoms with Crippen molar-refractivity contribution in [2.24, 2.45) is 0 Å². The minimum absolute atomic E-state index is 0.00969. The molecule has 0 radical (unpaired) electrons. The zero-order valence-corrected chi connectivity index (χ0v) is 7.74. The van der Waals surface area contributed by atoms with Gasteiger partial charge in [0.2, 0.25) is 0 Å². The molecule has 13 heavy (non-hydrogen) atoms. The van der Waals surface area contributed by atoms with E-state index in [-0.39, 0.29) is 6.00 Å². The van der Waals surface area contributed by atoms with Gasteiger partial charge >= 0.3 is 6.09 Å². The van der Waals surface area contributed by atoms with Crippen LogP contribution in [0.2, 0.25) is 0 Å². The third kappa shape index (κ3) is 2.95. The van der Waals surface area contributed by atoms with E-state index in [0.29, 0.717) is 6.54 Å². The molecule has 0 saturated heterocycles. The predicted molar refractivity (Wildman–Crippen MR) is 50.7 cm³/mol. The summed E-state index contributed by atoms with van der Waals surface area (Å²) in [5.74, 6) is 0. The maximum atomic E-state index is 10.6. The summed E-state index contributed by atoms with van der Waals surface area (Å²) in [6.07, 6.45) is -1.00. The lowest BCUT2D eigenvalue weighted by Gasteiger charge is -2.15. The zero-order valence-electron chi connectivity index (χ0n) is 6.98. The molecule has 0 atom stereocenters. The topological polar surface area (TPSA) is 40.5 Å². The van der Waals surface area contributed by atoms with Crippen LogP contribution in [-0.2, 0) is 6.54 Å². The Morgan fingerprint density at radius 3 is 2.46 bits per heavy atom. The highest BCUT2D eigenvalue weighted by Crippen LogP contribution is 2.04. The number of amides is 1. The minimum Gasteiger partial charge on any atom is -0.465 e. The van der Waals surface area contributed by atoms with Gasteiger partial charge < -0.3 is 5.11 Å². The highest BCUT2D eigenvalue weighted by Gasteiger charge is 2.09.